The molecule has 3 heteroatoms. The molecule has 0 aliphatic heterocycles. The molecule has 2 rings (SSSR count). The lowest BCUT2D eigenvalue weighted by molar-refractivity contribution is 0.0944. The van der Waals surface area contributed by atoms with Gasteiger partial charge < -0.3 is 10.2 Å². The van der Waals surface area contributed by atoms with Crippen molar-refractivity contribution in [2.45, 2.75) is 39.0 Å². The zero-order valence-electron chi connectivity index (χ0n) is 13.9. The minimum absolute atomic E-state index is 0.472. The molecular weight excluding hydrogens is 258 g/mol. The largest absolute Gasteiger partial charge is 0.319 e. The van der Waals surface area contributed by atoms with Crippen LogP contribution in [0.15, 0.2) is 24.5 Å². The molecule has 0 aromatic carbocycles. The van der Waals surface area contributed by atoms with Gasteiger partial charge in [-0.1, -0.05) is 19.8 Å². The quantitative estimate of drug-likeness (QED) is 0.836. The van der Waals surface area contributed by atoms with Crippen molar-refractivity contribution < 1.29 is 0 Å². The third-order valence-electron chi connectivity index (χ3n) is 4.87. The number of nitrogens with one attached hydrogen (secondary N) is 1. The molecule has 1 aromatic rings. The number of nitrogens with zero attached hydrogens (tertiary/aromatic N) is 2. The maximum Gasteiger partial charge on any atom is 0.0270 e. The molecule has 2 unspecified atom stereocenters. The molecule has 1 fully saturated rings. The molecule has 0 saturated heterocycles. The Morgan fingerprint density at radius 2 is 2.14 bits per heavy atom. The summed E-state index contributed by atoms with van der Waals surface area (Å²) < 4.78 is 0. The summed E-state index contributed by atoms with van der Waals surface area (Å²) in [6.07, 6.45) is 10.4. The van der Waals surface area contributed by atoms with Crippen LogP contribution in [0.1, 0.15) is 38.2 Å². The van der Waals surface area contributed by atoms with E-state index in [0.29, 0.717) is 5.41 Å². The van der Waals surface area contributed by atoms with Gasteiger partial charge in [-0.15, -0.1) is 0 Å². The normalized spacial score (nSPS) is 26.2. The third-order valence-corrected chi connectivity index (χ3v) is 4.87. The Labute approximate surface area is 130 Å². The average molecular weight is 289 g/mol. The van der Waals surface area contributed by atoms with Crippen molar-refractivity contribution in [1.29, 1.82) is 0 Å². The zero-order valence-corrected chi connectivity index (χ0v) is 13.9. The Hall–Kier alpha value is -0.930. The topological polar surface area (TPSA) is 28.2 Å². The highest BCUT2D eigenvalue weighted by Crippen LogP contribution is 2.39. The maximum atomic E-state index is 4.09. The maximum absolute atomic E-state index is 4.09. The first-order valence-corrected chi connectivity index (χ1v) is 8.36. The van der Waals surface area contributed by atoms with Gasteiger partial charge in [0.05, 0.1) is 0 Å². The molecule has 1 aromatic heterocycles. The van der Waals surface area contributed by atoms with Crippen LogP contribution in [0.4, 0.5) is 0 Å². The van der Waals surface area contributed by atoms with Crippen molar-refractivity contribution in [3.05, 3.63) is 30.1 Å². The molecule has 0 bridgehead atoms. The van der Waals surface area contributed by atoms with Crippen LogP contribution in [-0.2, 0) is 6.42 Å². The number of rotatable bonds is 7. The first kappa shape index (κ1) is 16.4. The van der Waals surface area contributed by atoms with Gasteiger partial charge in [0.2, 0.25) is 0 Å². The number of hydrogen-bond acceptors (Lipinski definition) is 3. The van der Waals surface area contributed by atoms with Crippen LogP contribution in [0.3, 0.4) is 0 Å². The summed E-state index contributed by atoms with van der Waals surface area (Å²) in [4.78, 5) is 6.61. The molecule has 1 aliphatic rings. The molecular formula is C18H31N3. The van der Waals surface area contributed by atoms with Crippen molar-refractivity contribution in [2.24, 2.45) is 11.3 Å². The SMILES string of the molecule is CNCC1(CN(C)CCc2ccncc2)CCCC(C)C1. The fraction of sp³-hybridized carbons (Fsp3) is 0.722. The lowest BCUT2D eigenvalue weighted by atomic mass is 9.69. The van der Waals surface area contributed by atoms with E-state index >= 15 is 0 Å². The molecule has 0 radical (unpaired) electrons. The summed E-state index contributed by atoms with van der Waals surface area (Å²) in [6.45, 7) is 5.91. The van der Waals surface area contributed by atoms with Crippen LogP contribution in [0, 0.1) is 11.3 Å². The van der Waals surface area contributed by atoms with Crippen molar-refractivity contribution in [2.75, 3.05) is 33.7 Å². The zero-order chi connectivity index (χ0) is 15.1. The van der Waals surface area contributed by atoms with Gasteiger partial charge in [-0.05, 0) is 62.4 Å². The second-order valence-electron chi connectivity index (χ2n) is 7.08. The second kappa shape index (κ2) is 7.90. The van der Waals surface area contributed by atoms with Gasteiger partial charge >= 0.3 is 0 Å². The molecule has 1 heterocycles. The van der Waals surface area contributed by atoms with Crippen molar-refractivity contribution >= 4 is 0 Å². The Bertz CT molecular complexity index is 402. The van der Waals surface area contributed by atoms with Crippen LogP contribution < -0.4 is 5.32 Å². The fourth-order valence-corrected chi connectivity index (χ4v) is 4.02. The Morgan fingerprint density at radius 1 is 1.38 bits per heavy atom. The molecule has 1 N–H and O–H groups in total. The van der Waals surface area contributed by atoms with E-state index in [0.717, 1.165) is 25.4 Å². The van der Waals surface area contributed by atoms with E-state index < -0.39 is 0 Å². The first-order chi connectivity index (χ1) is 10.1. The molecule has 0 amide bonds. The predicted molar refractivity (Wildman–Crippen MR) is 89.4 cm³/mol. The van der Waals surface area contributed by atoms with E-state index in [9.17, 15) is 0 Å². The highest BCUT2D eigenvalue weighted by atomic mass is 15.1. The Kier molecular flexibility index (Phi) is 6.19. The minimum Gasteiger partial charge on any atom is -0.319 e. The van der Waals surface area contributed by atoms with E-state index in [4.69, 9.17) is 0 Å². The predicted octanol–water partition coefficient (Wildman–Crippen LogP) is 2.97. The van der Waals surface area contributed by atoms with Crippen LogP contribution in [0.25, 0.3) is 0 Å². The summed E-state index contributed by atoms with van der Waals surface area (Å²) in [5.74, 6) is 0.876. The summed E-state index contributed by atoms with van der Waals surface area (Å²) in [6, 6.07) is 4.25. The molecule has 1 aliphatic carbocycles. The van der Waals surface area contributed by atoms with Crippen molar-refractivity contribution in [1.82, 2.24) is 15.2 Å². The van der Waals surface area contributed by atoms with Gasteiger partial charge in [0.15, 0.2) is 0 Å². The Balaban J connectivity index is 1.87. The molecule has 0 spiro atoms. The minimum atomic E-state index is 0.472. The number of pyridine rings is 1. The van der Waals surface area contributed by atoms with Crippen molar-refractivity contribution in [3.8, 4) is 0 Å². The van der Waals surface area contributed by atoms with E-state index in [2.05, 4.69) is 48.4 Å². The fourth-order valence-electron chi connectivity index (χ4n) is 4.02. The van der Waals surface area contributed by atoms with Crippen LogP contribution in [-0.4, -0.2) is 43.6 Å². The molecule has 2 atom stereocenters. The summed E-state index contributed by atoms with van der Waals surface area (Å²) in [5, 5.41) is 3.44. The van der Waals surface area contributed by atoms with Gasteiger partial charge in [0.25, 0.3) is 0 Å². The number of aromatic nitrogens is 1. The smallest absolute Gasteiger partial charge is 0.0270 e. The molecule has 1 saturated carbocycles. The first-order valence-electron chi connectivity index (χ1n) is 8.36. The molecule has 118 valence electrons. The van der Waals surface area contributed by atoms with Gasteiger partial charge in [-0.25, -0.2) is 0 Å². The van der Waals surface area contributed by atoms with Gasteiger partial charge in [-0.2, -0.15) is 0 Å². The second-order valence-corrected chi connectivity index (χ2v) is 7.08. The molecule has 21 heavy (non-hydrogen) atoms. The highest BCUT2D eigenvalue weighted by molar-refractivity contribution is 5.09. The monoisotopic (exact) mass is 289 g/mol. The highest BCUT2D eigenvalue weighted by Gasteiger charge is 2.35. The van der Waals surface area contributed by atoms with E-state index in [1.807, 2.05) is 12.4 Å². The summed E-state index contributed by atoms with van der Waals surface area (Å²) >= 11 is 0. The van der Waals surface area contributed by atoms with Crippen LogP contribution in [0.2, 0.25) is 0 Å². The Morgan fingerprint density at radius 3 is 2.81 bits per heavy atom. The lowest BCUT2D eigenvalue weighted by Crippen LogP contribution is -2.45. The van der Waals surface area contributed by atoms with E-state index in [-0.39, 0.29) is 0 Å². The van der Waals surface area contributed by atoms with Gasteiger partial charge in [0, 0.05) is 32.0 Å². The van der Waals surface area contributed by atoms with E-state index in [1.165, 1.54) is 37.8 Å². The standard InChI is InChI=1S/C18H31N3/c1-16-5-4-9-18(13-16,14-19-2)15-21(3)12-8-17-6-10-20-11-7-17/h6-7,10-11,16,19H,4-5,8-9,12-15H2,1-3H3. The summed E-state index contributed by atoms with van der Waals surface area (Å²) in [7, 11) is 4.37. The van der Waals surface area contributed by atoms with Gasteiger partial charge in [0.1, 0.15) is 0 Å². The number of hydrogen-bond donors (Lipinski definition) is 1. The van der Waals surface area contributed by atoms with E-state index in [1.54, 1.807) is 0 Å². The average Bonchev–Trinajstić information content (AvgIpc) is 2.46. The van der Waals surface area contributed by atoms with Crippen molar-refractivity contribution in [3.63, 3.8) is 0 Å². The third kappa shape index (κ3) is 5.08. The number of likely N-dealkylation sites (N-methyl/N-ethyl adjacent to an activating group) is 1. The van der Waals surface area contributed by atoms with Crippen LogP contribution in [0.5, 0.6) is 0 Å². The molecule has 3 nitrogen and oxygen atoms in total. The van der Waals surface area contributed by atoms with Crippen LogP contribution >= 0.6 is 0 Å². The lowest BCUT2D eigenvalue weighted by Gasteiger charge is -2.42. The summed E-state index contributed by atoms with van der Waals surface area (Å²) in [5.41, 5.74) is 1.86. The van der Waals surface area contributed by atoms with Gasteiger partial charge in [-0.3, -0.25) is 4.98 Å².